The smallest absolute Gasteiger partial charge is 0.306 e. The van der Waals surface area contributed by atoms with E-state index in [0.717, 1.165) is 5.56 Å². The van der Waals surface area contributed by atoms with E-state index in [2.05, 4.69) is 5.32 Å². The van der Waals surface area contributed by atoms with Crippen LogP contribution in [-0.2, 0) is 14.3 Å². The summed E-state index contributed by atoms with van der Waals surface area (Å²) in [6.45, 7) is 1.58. The summed E-state index contributed by atoms with van der Waals surface area (Å²) in [6, 6.07) is 16.0. The fourth-order valence-electron chi connectivity index (χ4n) is 2.04. The first-order valence-corrected chi connectivity index (χ1v) is 7.65. The van der Waals surface area contributed by atoms with Gasteiger partial charge in [-0.25, -0.2) is 0 Å². The topological polar surface area (TPSA) is 72.5 Å². The number of ether oxygens (including phenoxy) is 1. The minimum absolute atomic E-state index is 0.0501. The van der Waals surface area contributed by atoms with Crippen molar-refractivity contribution in [3.63, 3.8) is 0 Å². The van der Waals surface area contributed by atoms with Crippen LogP contribution in [0.2, 0.25) is 0 Å². The van der Waals surface area contributed by atoms with Gasteiger partial charge in [0.25, 0.3) is 5.91 Å². The molecular formula is C19H19NO4. The van der Waals surface area contributed by atoms with Crippen molar-refractivity contribution in [2.75, 3.05) is 11.9 Å². The third-order valence-corrected chi connectivity index (χ3v) is 3.35. The van der Waals surface area contributed by atoms with Gasteiger partial charge in [-0.2, -0.15) is 0 Å². The standard InChI is InChI=1S/C19H19NO4/c1-14-7-9-16(10-8-14)20-18(22)13-24-19(23)12-11-17(21)15-5-3-2-4-6-15/h2-10H,11-13H2,1H3,(H,20,22). The van der Waals surface area contributed by atoms with Gasteiger partial charge in [-0.3, -0.25) is 14.4 Å². The van der Waals surface area contributed by atoms with Crippen molar-refractivity contribution in [3.05, 3.63) is 65.7 Å². The molecular weight excluding hydrogens is 306 g/mol. The second-order valence-electron chi connectivity index (χ2n) is 5.36. The van der Waals surface area contributed by atoms with Crippen LogP contribution in [0.3, 0.4) is 0 Å². The molecule has 124 valence electrons. The molecule has 0 aliphatic carbocycles. The van der Waals surface area contributed by atoms with E-state index in [-0.39, 0.29) is 25.2 Å². The van der Waals surface area contributed by atoms with E-state index >= 15 is 0 Å². The number of esters is 1. The maximum Gasteiger partial charge on any atom is 0.306 e. The first-order valence-electron chi connectivity index (χ1n) is 7.65. The molecule has 24 heavy (non-hydrogen) atoms. The maximum atomic E-state index is 11.9. The van der Waals surface area contributed by atoms with E-state index in [0.29, 0.717) is 11.3 Å². The van der Waals surface area contributed by atoms with Gasteiger partial charge in [0, 0.05) is 17.7 Å². The molecule has 0 unspecified atom stereocenters. The van der Waals surface area contributed by atoms with Crippen LogP contribution < -0.4 is 5.32 Å². The zero-order valence-electron chi connectivity index (χ0n) is 13.5. The highest BCUT2D eigenvalue weighted by Gasteiger charge is 2.11. The lowest BCUT2D eigenvalue weighted by atomic mass is 10.1. The summed E-state index contributed by atoms with van der Waals surface area (Å²) < 4.78 is 4.88. The van der Waals surface area contributed by atoms with Gasteiger partial charge in [-0.05, 0) is 19.1 Å². The number of benzene rings is 2. The van der Waals surface area contributed by atoms with Crippen molar-refractivity contribution in [3.8, 4) is 0 Å². The second kappa shape index (κ2) is 8.62. The predicted octanol–water partition coefficient (Wildman–Crippen LogP) is 3.14. The van der Waals surface area contributed by atoms with Gasteiger partial charge in [-0.15, -0.1) is 0 Å². The number of aryl methyl sites for hydroxylation is 1. The number of nitrogens with one attached hydrogen (secondary N) is 1. The number of Topliss-reactive ketones (excluding diaryl/α,β-unsaturated/α-hetero) is 1. The van der Waals surface area contributed by atoms with Crippen molar-refractivity contribution in [2.45, 2.75) is 19.8 Å². The lowest BCUT2D eigenvalue weighted by Gasteiger charge is -2.07. The van der Waals surface area contributed by atoms with Gasteiger partial charge < -0.3 is 10.1 Å². The zero-order valence-corrected chi connectivity index (χ0v) is 13.5. The molecule has 0 aromatic heterocycles. The van der Waals surface area contributed by atoms with Crippen molar-refractivity contribution >= 4 is 23.3 Å². The van der Waals surface area contributed by atoms with Crippen LogP contribution in [0.1, 0.15) is 28.8 Å². The molecule has 0 aliphatic rings. The molecule has 2 aromatic rings. The number of rotatable bonds is 7. The Kier molecular flexibility index (Phi) is 6.25. The normalized spacial score (nSPS) is 10.0. The second-order valence-corrected chi connectivity index (χ2v) is 5.36. The summed E-state index contributed by atoms with van der Waals surface area (Å²) in [5.74, 6) is -1.11. The summed E-state index contributed by atoms with van der Waals surface area (Å²) in [5.41, 5.74) is 2.28. The number of carbonyl (C=O) groups excluding carboxylic acids is 3. The Bertz CT molecular complexity index is 708. The number of carbonyl (C=O) groups is 3. The maximum absolute atomic E-state index is 11.9. The van der Waals surface area contributed by atoms with E-state index in [1.54, 1.807) is 36.4 Å². The van der Waals surface area contributed by atoms with Crippen molar-refractivity contribution in [2.24, 2.45) is 0 Å². The fourth-order valence-corrected chi connectivity index (χ4v) is 2.04. The molecule has 2 rings (SSSR count). The Morgan fingerprint density at radius 2 is 1.58 bits per heavy atom. The third-order valence-electron chi connectivity index (χ3n) is 3.35. The van der Waals surface area contributed by atoms with Gasteiger partial charge >= 0.3 is 5.97 Å². The van der Waals surface area contributed by atoms with E-state index in [1.807, 2.05) is 25.1 Å². The van der Waals surface area contributed by atoms with Crippen LogP contribution in [0.4, 0.5) is 5.69 Å². The van der Waals surface area contributed by atoms with Crippen LogP contribution >= 0.6 is 0 Å². The summed E-state index contributed by atoms with van der Waals surface area (Å²) in [4.78, 5) is 35.2. The van der Waals surface area contributed by atoms with Gasteiger partial charge in [-0.1, -0.05) is 48.0 Å². The van der Waals surface area contributed by atoms with Crippen molar-refractivity contribution < 1.29 is 19.1 Å². The molecule has 0 fully saturated rings. The zero-order chi connectivity index (χ0) is 17.4. The number of anilines is 1. The molecule has 0 saturated heterocycles. The number of amides is 1. The van der Waals surface area contributed by atoms with Crippen LogP contribution in [0.5, 0.6) is 0 Å². The van der Waals surface area contributed by atoms with E-state index in [9.17, 15) is 14.4 Å². The Balaban J connectivity index is 1.70. The largest absolute Gasteiger partial charge is 0.456 e. The fraction of sp³-hybridized carbons (Fsp3) is 0.211. The molecule has 0 bridgehead atoms. The molecule has 2 aromatic carbocycles. The van der Waals surface area contributed by atoms with Gasteiger partial charge in [0.15, 0.2) is 12.4 Å². The molecule has 0 atom stereocenters. The van der Waals surface area contributed by atoms with Crippen LogP contribution in [0.25, 0.3) is 0 Å². The quantitative estimate of drug-likeness (QED) is 0.627. The Morgan fingerprint density at radius 3 is 2.25 bits per heavy atom. The first kappa shape index (κ1) is 17.4. The first-order chi connectivity index (χ1) is 11.5. The predicted molar refractivity (Wildman–Crippen MR) is 90.8 cm³/mol. The summed E-state index contributed by atoms with van der Waals surface area (Å²) in [7, 11) is 0. The summed E-state index contributed by atoms with van der Waals surface area (Å²) in [5, 5.41) is 2.63. The van der Waals surface area contributed by atoms with Gasteiger partial charge in [0.05, 0.1) is 6.42 Å². The monoisotopic (exact) mass is 325 g/mol. The Morgan fingerprint density at radius 1 is 0.917 bits per heavy atom. The van der Waals surface area contributed by atoms with Gasteiger partial charge in [0.1, 0.15) is 0 Å². The average molecular weight is 325 g/mol. The Labute approximate surface area is 140 Å². The molecule has 5 nitrogen and oxygen atoms in total. The Hall–Kier alpha value is -2.95. The van der Waals surface area contributed by atoms with Crippen molar-refractivity contribution in [1.29, 1.82) is 0 Å². The minimum Gasteiger partial charge on any atom is -0.456 e. The average Bonchev–Trinajstić information content (AvgIpc) is 2.60. The lowest BCUT2D eigenvalue weighted by molar-refractivity contribution is -0.147. The number of hydrogen-bond donors (Lipinski definition) is 1. The lowest BCUT2D eigenvalue weighted by Crippen LogP contribution is -2.21. The third kappa shape index (κ3) is 5.68. The van der Waals surface area contributed by atoms with Gasteiger partial charge in [0.2, 0.25) is 0 Å². The summed E-state index contributed by atoms with van der Waals surface area (Å²) in [6.07, 6.45) is 0.00790. The van der Waals surface area contributed by atoms with E-state index < -0.39 is 11.9 Å². The van der Waals surface area contributed by atoms with Crippen molar-refractivity contribution in [1.82, 2.24) is 0 Å². The van der Waals surface area contributed by atoms with Crippen LogP contribution in [0.15, 0.2) is 54.6 Å². The summed E-state index contributed by atoms with van der Waals surface area (Å²) >= 11 is 0. The molecule has 1 amide bonds. The molecule has 0 heterocycles. The van der Waals surface area contributed by atoms with E-state index in [1.165, 1.54) is 0 Å². The number of ketones is 1. The molecule has 0 radical (unpaired) electrons. The molecule has 0 spiro atoms. The molecule has 1 N–H and O–H groups in total. The highest BCUT2D eigenvalue weighted by atomic mass is 16.5. The number of hydrogen-bond acceptors (Lipinski definition) is 4. The molecule has 0 aliphatic heterocycles. The molecule has 0 saturated carbocycles. The SMILES string of the molecule is Cc1ccc(NC(=O)COC(=O)CCC(=O)c2ccccc2)cc1. The minimum atomic E-state index is -0.571. The van der Waals surface area contributed by atoms with E-state index in [4.69, 9.17) is 4.74 Å². The van der Waals surface area contributed by atoms with Crippen LogP contribution in [-0.4, -0.2) is 24.3 Å². The highest BCUT2D eigenvalue weighted by molar-refractivity contribution is 5.97. The molecule has 5 heteroatoms. The highest BCUT2D eigenvalue weighted by Crippen LogP contribution is 2.09. The van der Waals surface area contributed by atoms with Crippen LogP contribution in [0, 0.1) is 6.92 Å².